The smallest absolute Gasteiger partial charge is 0.312 e. The first-order valence-corrected chi connectivity index (χ1v) is 7.42. The van der Waals surface area contributed by atoms with Gasteiger partial charge in [-0.25, -0.2) is 0 Å². The van der Waals surface area contributed by atoms with Gasteiger partial charge in [0.05, 0.1) is 25.7 Å². The molecule has 3 fully saturated rings. The van der Waals surface area contributed by atoms with E-state index in [1.165, 1.54) is 20.0 Å². The van der Waals surface area contributed by atoms with Crippen LogP contribution < -0.4 is 0 Å². The topological polar surface area (TPSA) is 55.8 Å². The molecule has 1 unspecified atom stereocenters. The van der Waals surface area contributed by atoms with Crippen LogP contribution in [0.25, 0.3) is 0 Å². The number of ether oxygens (including phenoxy) is 2. The van der Waals surface area contributed by atoms with Crippen LogP contribution in [0.5, 0.6) is 0 Å². The second-order valence-corrected chi connectivity index (χ2v) is 6.33. The van der Waals surface area contributed by atoms with Crippen molar-refractivity contribution in [2.45, 2.75) is 43.4 Å². The number of rotatable bonds is 2. The Morgan fingerprint density at radius 3 is 2.90 bits per heavy atom. The van der Waals surface area contributed by atoms with Crippen molar-refractivity contribution in [3.05, 3.63) is 12.2 Å². The molecule has 1 saturated carbocycles. The molecule has 5 nitrogen and oxygen atoms in total. The van der Waals surface area contributed by atoms with Crippen LogP contribution >= 0.6 is 0 Å². The first-order chi connectivity index (χ1) is 9.66. The zero-order valence-corrected chi connectivity index (χ0v) is 11.6. The van der Waals surface area contributed by atoms with Crippen LogP contribution in [-0.2, 0) is 19.1 Å². The lowest BCUT2D eigenvalue weighted by atomic mass is 9.77. The van der Waals surface area contributed by atoms with E-state index >= 15 is 0 Å². The predicted octanol–water partition coefficient (Wildman–Crippen LogP) is 0.884. The molecule has 0 aromatic rings. The summed E-state index contributed by atoms with van der Waals surface area (Å²) in [6.45, 7) is 0.599. The van der Waals surface area contributed by atoms with E-state index in [1.807, 2.05) is 17.1 Å². The number of hydrogen-bond acceptors (Lipinski definition) is 4. The molecule has 0 radical (unpaired) electrons. The summed E-state index contributed by atoms with van der Waals surface area (Å²) in [5, 5.41) is 0. The number of nitrogens with zero attached hydrogens (tertiary/aromatic N) is 1. The molecule has 2 bridgehead atoms. The number of hydrogen-bond donors (Lipinski definition) is 0. The third-order valence-electron chi connectivity index (χ3n) is 5.37. The second kappa shape index (κ2) is 4.07. The van der Waals surface area contributed by atoms with Gasteiger partial charge in [-0.1, -0.05) is 25.0 Å². The van der Waals surface area contributed by atoms with Gasteiger partial charge in [-0.2, -0.15) is 0 Å². The highest BCUT2D eigenvalue weighted by Crippen LogP contribution is 2.53. The van der Waals surface area contributed by atoms with Crippen molar-refractivity contribution in [2.24, 2.45) is 11.8 Å². The maximum absolute atomic E-state index is 12.8. The minimum atomic E-state index is -0.580. The summed E-state index contributed by atoms with van der Waals surface area (Å²) >= 11 is 0. The van der Waals surface area contributed by atoms with Crippen molar-refractivity contribution >= 4 is 11.9 Å². The molecule has 4 rings (SSSR count). The number of methoxy groups -OCH3 is 1. The number of carbonyl (C=O) groups is 2. The Hall–Kier alpha value is -1.36. The summed E-state index contributed by atoms with van der Waals surface area (Å²) in [5.41, 5.74) is -0.580. The molecule has 5 heteroatoms. The molecule has 1 amide bonds. The number of carbonyl (C=O) groups excluding carboxylic acids is 2. The molecule has 108 valence electrons. The van der Waals surface area contributed by atoms with Crippen LogP contribution in [0, 0.1) is 11.8 Å². The van der Waals surface area contributed by atoms with Crippen LogP contribution in [0.4, 0.5) is 0 Å². The fraction of sp³-hybridized carbons (Fsp3) is 0.733. The molecule has 0 aromatic carbocycles. The van der Waals surface area contributed by atoms with Crippen LogP contribution in [0.15, 0.2) is 12.2 Å². The van der Waals surface area contributed by atoms with Crippen molar-refractivity contribution < 1.29 is 19.1 Å². The molecule has 0 aromatic heterocycles. The molecule has 3 heterocycles. The van der Waals surface area contributed by atoms with Crippen LogP contribution in [0.1, 0.15) is 25.7 Å². The highest BCUT2D eigenvalue weighted by molar-refractivity contribution is 5.91. The van der Waals surface area contributed by atoms with E-state index in [2.05, 4.69) is 0 Å². The van der Waals surface area contributed by atoms with Gasteiger partial charge >= 0.3 is 5.97 Å². The van der Waals surface area contributed by atoms with E-state index in [0.29, 0.717) is 12.6 Å². The molecule has 1 aliphatic carbocycles. The average Bonchev–Trinajstić information content (AvgIpc) is 3.18. The quantitative estimate of drug-likeness (QED) is 0.555. The zero-order valence-electron chi connectivity index (χ0n) is 11.6. The molecule has 0 N–H and O–H groups in total. The summed E-state index contributed by atoms with van der Waals surface area (Å²) in [6.07, 6.45) is 8.15. The van der Waals surface area contributed by atoms with Crippen molar-refractivity contribution in [2.75, 3.05) is 13.7 Å². The minimum absolute atomic E-state index is 0.0825. The standard InChI is InChI=1S/C15H19NO4/c1-19-14(18)11-10-6-7-15(20-10)8-16(13(17)12(11)15)9-4-2-3-5-9/h6-7,9-12H,2-5,8H2,1H3/t10-,11?,12-,15+/m0/s1. The monoisotopic (exact) mass is 277 g/mol. The zero-order chi connectivity index (χ0) is 13.9. The van der Waals surface area contributed by atoms with Gasteiger partial charge in [-0.3, -0.25) is 9.59 Å². The molecular formula is C15H19NO4. The lowest BCUT2D eigenvalue weighted by Crippen LogP contribution is -2.40. The largest absolute Gasteiger partial charge is 0.469 e. The number of fused-ring (bicyclic) bond motifs is 1. The van der Waals surface area contributed by atoms with E-state index in [9.17, 15) is 9.59 Å². The molecule has 2 saturated heterocycles. The van der Waals surface area contributed by atoms with E-state index in [1.54, 1.807) is 0 Å². The summed E-state index contributed by atoms with van der Waals surface area (Å²) in [7, 11) is 1.37. The highest BCUT2D eigenvalue weighted by Gasteiger charge is 2.67. The Morgan fingerprint density at radius 2 is 2.20 bits per heavy atom. The molecule has 4 aliphatic rings. The third-order valence-corrected chi connectivity index (χ3v) is 5.37. The second-order valence-electron chi connectivity index (χ2n) is 6.33. The molecule has 1 spiro atoms. The van der Waals surface area contributed by atoms with E-state index in [4.69, 9.17) is 9.47 Å². The highest BCUT2D eigenvalue weighted by atomic mass is 16.5. The third kappa shape index (κ3) is 1.41. The fourth-order valence-corrected chi connectivity index (χ4v) is 4.46. The SMILES string of the molecule is COC(=O)C1[C@@H]2C=C[C@]3(CN(C4CCCC4)C(=O)[C@H]13)O2. The number of amides is 1. The lowest BCUT2D eigenvalue weighted by molar-refractivity contribution is -0.151. The Morgan fingerprint density at radius 1 is 1.45 bits per heavy atom. The molecular weight excluding hydrogens is 258 g/mol. The first-order valence-electron chi connectivity index (χ1n) is 7.42. The van der Waals surface area contributed by atoms with Crippen molar-refractivity contribution in [3.8, 4) is 0 Å². The van der Waals surface area contributed by atoms with Gasteiger partial charge in [0.15, 0.2) is 0 Å². The van der Waals surface area contributed by atoms with Gasteiger partial charge in [0.1, 0.15) is 11.5 Å². The van der Waals surface area contributed by atoms with Gasteiger partial charge in [0.25, 0.3) is 0 Å². The van der Waals surface area contributed by atoms with E-state index in [-0.39, 0.29) is 23.9 Å². The number of likely N-dealkylation sites (tertiary alicyclic amines) is 1. The average molecular weight is 277 g/mol. The summed E-state index contributed by atoms with van der Waals surface area (Å²) in [6, 6.07) is 0.330. The van der Waals surface area contributed by atoms with Crippen molar-refractivity contribution in [1.29, 1.82) is 0 Å². The van der Waals surface area contributed by atoms with E-state index < -0.39 is 11.5 Å². The van der Waals surface area contributed by atoms with Crippen LogP contribution in [0.2, 0.25) is 0 Å². The van der Waals surface area contributed by atoms with Gasteiger partial charge in [-0.05, 0) is 12.8 Å². The predicted molar refractivity (Wildman–Crippen MR) is 69.7 cm³/mol. The van der Waals surface area contributed by atoms with Crippen LogP contribution in [-0.4, -0.2) is 48.2 Å². The maximum Gasteiger partial charge on any atom is 0.312 e. The molecule has 3 aliphatic heterocycles. The minimum Gasteiger partial charge on any atom is -0.469 e. The van der Waals surface area contributed by atoms with E-state index in [0.717, 1.165) is 12.8 Å². The molecule has 4 atom stereocenters. The Labute approximate surface area is 117 Å². The fourth-order valence-electron chi connectivity index (χ4n) is 4.46. The Bertz CT molecular complexity index is 496. The van der Waals surface area contributed by atoms with Gasteiger partial charge in [0, 0.05) is 6.04 Å². The first kappa shape index (κ1) is 12.4. The van der Waals surface area contributed by atoms with Gasteiger partial charge in [-0.15, -0.1) is 0 Å². The normalized spacial score (nSPS) is 42.5. The van der Waals surface area contributed by atoms with Gasteiger partial charge < -0.3 is 14.4 Å². The Kier molecular flexibility index (Phi) is 2.52. The van der Waals surface area contributed by atoms with Gasteiger partial charge in [0.2, 0.25) is 5.91 Å². The summed E-state index contributed by atoms with van der Waals surface area (Å²) in [4.78, 5) is 26.8. The Balaban J connectivity index is 1.67. The molecule has 20 heavy (non-hydrogen) atoms. The van der Waals surface area contributed by atoms with Crippen molar-refractivity contribution in [3.63, 3.8) is 0 Å². The number of esters is 1. The van der Waals surface area contributed by atoms with Crippen LogP contribution in [0.3, 0.4) is 0 Å². The summed E-state index contributed by atoms with van der Waals surface area (Å²) < 4.78 is 10.9. The maximum atomic E-state index is 12.8. The van der Waals surface area contributed by atoms with Crippen molar-refractivity contribution in [1.82, 2.24) is 4.90 Å². The lowest BCUT2D eigenvalue weighted by Gasteiger charge is -2.26. The summed E-state index contributed by atoms with van der Waals surface area (Å²) in [5.74, 6) is -1.10.